The van der Waals surface area contributed by atoms with Crippen molar-refractivity contribution in [2.75, 3.05) is 32.8 Å². The number of ether oxygens (including phenoxy) is 1. The first kappa shape index (κ1) is 8.97. The molecule has 0 saturated carbocycles. The molecule has 2 aliphatic heterocycles. The van der Waals surface area contributed by atoms with Gasteiger partial charge < -0.3 is 15.0 Å². The van der Waals surface area contributed by atoms with Crippen LogP contribution in [0.1, 0.15) is 12.8 Å². The fraction of sp³-hybridized carbons (Fsp3) is 0.889. The molecule has 0 aromatic rings. The van der Waals surface area contributed by atoms with Crippen molar-refractivity contribution >= 4 is 5.91 Å². The molecule has 1 atom stereocenters. The van der Waals surface area contributed by atoms with E-state index < -0.39 is 0 Å². The zero-order chi connectivity index (χ0) is 9.10. The number of hydrogen-bond acceptors (Lipinski definition) is 3. The Hall–Kier alpha value is -0.610. The zero-order valence-electron chi connectivity index (χ0n) is 7.79. The maximum Gasteiger partial charge on any atom is 0.248 e. The first-order valence-corrected chi connectivity index (χ1v) is 4.96. The monoisotopic (exact) mass is 184 g/mol. The summed E-state index contributed by atoms with van der Waals surface area (Å²) >= 11 is 0. The van der Waals surface area contributed by atoms with Gasteiger partial charge in [0.15, 0.2) is 0 Å². The van der Waals surface area contributed by atoms with Crippen molar-refractivity contribution in [3.63, 3.8) is 0 Å². The molecule has 0 unspecified atom stereocenters. The second kappa shape index (κ2) is 4.07. The minimum Gasteiger partial charge on any atom is -0.370 e. The number of carbonyl (C=O) groups is 1. The van der Waals surface area contributed by atoms with Crippen molar-refractivity contribution in [1.82, 2.24) is 10.2 Å². The average molecular weight is 184 g/mol. The molecule has 2 saturated heterocycles. The summed E-state index contributed by atoms with van der Waals surface area (Å²) in [6.45, 7) is 3.78. The normalized spacial score (nSPS) is 30.6. The van der Waals surface area contributed by atoms with Gasteiger partial charge in [0, 0.05) is 19.1 Å². The smallest absolute Gasteiger partial charge is 0.248 e. The molecular formula is C9H16N2O2. The Morgan fingerprint density at radius 2 is 2.46 bits per heavy atom. The molecule has 74 valence electrons. The van der Waals surface area contributed by atoms with Crippen molar-refractivity contribution in [2.45, 2.75) is 18.9 Å². The molecule has 1 amide bonds. The minimum atomic E-state index is 0.153. The third-order valence-corrected chi connectivity index (χ3v) is 2.73. The Labute approximate surface area is 78.2 Å². The first-order chi connectivity index (χ1) is 6.38. The number of nitrogens with one attached hydrogen (secondary N) is 1. The van der Waals surface area contributed by atoms with Gasteiger partial charge in [0.05, 0.1) is 6.61 Å². The van der Waals surface area contributed by atoms with Crippen molar-refractivity contribution < 1.29 is 9.53 Å². The quantitative estimate of drug-likeness (QED) is 0.603. The molecule has 2 aliphatic rings. The number of morpholine rings is 1. The van der Waals surface area contributed by atoms with Gasteiger partial charge in [-0.15, -0.1) is 0 Å². The highest BCUT2D eigenvalue weighted by molar-refractivity contribution is 5.78. The van der Waals surface area contributed by atoms with Crippen LogP contribution in [-0.2, 0) is 9.53 Å². The summed E-state index contributed by atoms with van der Waals surface area (Å²) in [7, 11) is 0. The van der Waals surface area contributed by atoms with Gasteiger partial charge in [0.2, 0.25) is 5.91 Å². The maximum absolute atomic E-state index is 11.5. The first-order valence-electron chi connectivity index (χ1n) is 4.96. The van der Waals surface area contributed by atoms with Crippen molar-refractivity contribution in [2.24, 2.45) is 0 Å². The highest BCUT2D eigenvalue weighted by atomic mass is 16.5. The molecule has 0 aliphatic carbocycles. The Balaban J connectivity index is 1.92. The SMILES string of the molecule is O=C1COCCN1[C@@H]1CCCNC1. The molecule has 0 bridgehead atoms. The van der Waals surface area contributed by atoms with Gasteiger partial charge in [0.1, 0.15) is 6.61 Å². The van der Waals surface area contributed by atoms with Crippen molar-refractivity contribution in [3.8, 4) is 0 Å². The second-order valence-corrected chi connectivity index (χ2v) is 3.64. The van der Waals surface area contributed by atoms with Gasteiger partial charge in [-0.1, -0.05) is 0 Å². The van der Waals surface area contributed by atoms with Crippen LogP contribution >= 0.6 is 0 Å². The molecule has 4 heteroatoms. The minimum absolute atomic E-state index is 0.153. The Morgan fingerprint density at radius 3 is 3.15 bits per heavy atom. The number of hydrogen-bond donors (Lipinski definition) is 1. The summed E-state index contributed by atoms with van der Waals surface area (Å²) in [5.41, 5.74) is 0. The van der Waals surface area contributed by atoms with E-state index in [2.05, 4.69) is 5.32 Å². The molecule has 2 rings (SSSR count). The molecule has 0 aromatic carbocycles. The third-order valence-electron chi connectivity index (χ3n) is 2.73. The topological polar surface area (TPSA) is 41.6 Å². The number of nitrogens with zero attached hydrogens (tertiary/aromatic N) is 1. The van der Waals surface area contributed by atoms with E-state index in [-0.39, 0.29) is 12.5 Å². The van der Waals surface area contributed by atoms with Crippen LogP contribution in [0.2, 0.25) is 0 Å². The molecule has 2 heterocycles. The summed E-state index contributed by atoms with van der Waals surface area (Å²) < 4.78 is 5.09. The average Bonchev–Trinajstić information content (AvgIpc) is 2.20. The summed E-state index contributed by atoms with van der Waals surface area (Å²) in [4.78, 5) is 13.4. The summed E-state index contributed by atoms with van der Waals surface area (Å²) in [6, 6.07) is 0.408. The molecule has 2 fully saturated rings. The standard InChI is InChI=1S/C9H16N2O2/c12-9-7-13-5-4-11(9)8-2-1-3-10-6-8/h8,10H,1-7H2/t8-/m1/s1. The maximum atomic E-state index is 11.5. The highest BCUT2D eigenvalue weighted by Crippen LogP contribution is 2.12. The van der Waals surface area contributed by atoms with Crippen LogP contribution in [-0.4, -0.2) is 49.7 Å². The Morgan fingerprint density at radius 1 is 1.54 bits per heavy atom. The molecule has 0 spiro atoms. The van der Waals surface area contributed by atoms with E-state index in [9.17, 15) is 4.79 Å². The predicted molar refractivity (Wildman–Crippen MR) is 48.4 cm³/mol. The lowest BCUT2D eigenvalue weighted by molar-refractivity contribution is -0.146. The van der Waals surface area contributed by atoms with Gasteiger partial charge in [-0.25, -0.2) is 0 Å². The van der Waals surface area contributed by atoms with E-state index in [0.717, 1.165) is 26.1 Å². The summed E-state index contributed by atoms with van der Waals surface area (Å²) in [5.74, 6) is 0.153. The highest BCUT2D eigenvalue weighted by Gasteiger charge is 2.27. The van der Waals surface area contributed by atoms with E-state index in [4.69, 9.17) is 4.74 Å². The predicted octanol–water partition coefficient (Wildman–Crippen LogP) is -0.403. The van der Waals surface area contributed by atoms with Crippen LogP contribution in [0.4, 0.5) is 0 Å². The van der Waals surface area contributed by atoms with E-state index in [1.54, 1.807) is 0 Å². The molecule has 1 N–H and O–H groups in total. The van der Waals surface area contributed by atoms with E-state index in [1.165, 1.54) is 6.42 Å². The van der Waals surface area contributed by atoms with Crippen LogP contribution in [0.5, 0.6) is 0 Å². The fourth-order valence-electron chi connectivity index (χ4n) is 2.02. The Bertz CT molecular complexity index is 190. The lowest BCUT2D eigenvalue weighted by Gasteiger charge is -2.36. The van der Waals surface area contributed by atoms with Crippen molar-refractivity contribution in [3.05, 3.63) is 0 Å². The lowest BCUT2D eigenvalue weighted by atomic mass is 10.1. The summed E-state index contributed by atoms with van der Waals surface area (Å²) in [6.07, 6.45) is 2.31. The van der Waals surface area contributed by atoms with Crippen LogP contribution in [0.3, 0.4) is 0 Å². The van der Waals surface area contributed by atoms with Crippen LogP contribution in [0.15, 0.2) is 0 Å². The fourth-order valence-corrected chi connectivity index (χ4v) is 2.02. The van der Waals surface area contributed by atoms with E-state index in [1.807, 2.05) is 4.90 Å². The zero-order valence-corrected chi connectivity index (χ0v) is 7.79. The molecule has 4 nitrogen and oxygen atoms in total. The number of carbonyl (C=O) groups excluding carboxylic acids is 1. The van der Waals surface area contributed by atoms with Gasteiger partial charge in [0.25, 0.3) is 0 Å². The van der Waals surface area contributed by atoms with Crippen LogP contribution in [0.25, 0.3) is 0 Å². The van der Waals surface area contributed by atoms with Gasteiger partial charge in [-0.05, 0) is 19.4 Å². The van der Waals surface area contributed by atoms with Crippen LogP contribution < -0.4 is 5.32 Å². The van der Waals surface area contributed by atoms with Crippen molar-refractivity contribution in [1.29, 1.82) is 0 Å². The third kappa shape index (κ3) is 2.00. The largest absolute Gasteiger partial charge is 0.370 e. The molecule has 0 radical (unpaired) electrons. The van der Waals surface area contributed by atoms with Gasteiger partial charge >= 0.3 is 0 Å². The van der Waals surface area contributed by atoms with E-state index >= 15 is 0 Å². The van der Waals surface area contributed by atoms with Gasteiger partial charge in [-0.2, -0.15) is 0 Å². The number of rotatable bonds is 1. The van der Waals surface area contributed by atoms with Crippen LogP contribution in [0, 0.1) is 0 Å². The second-order valence-electron chi connectivity index (χ2n) is 3.64. The molecule has 13 heavy (non-hydrogen) atoms. The Kier molecular flexibility index (Phi) is 2.80. The number of piperidine rings is 1. The molecule has 0 aromatic heterocycles. The molecular weight excluding hydrogens is 168 g/mol. The number of amides is 1. The lowest BCUT2D eigenvalue weighted by Crippen LogP contribution is -2.53. The summed E-state index contributed by atoms with van der Waals surface area (Å²) in [5, 5.41) is 3.32. The van der Waals surface area contributed by atoms with Gasteiger partial charge in [-0.3, -0.25) is 4.79 Å². The van der Waals surface area contributed by atoms with E-state index in [0.29, 0.717) is 12.6 Å².